The highest BCUT2D eigenvalue weighted by molar-refractivity contribution is 8.03. The summed E-state index contributed by atoms with van der Waals surface area (Å²) in [4.78, 5) is 41.5. The molecule has 0 saturated heterocycles. The molecule has 2 aliphatic heterocycles. The van der Waals surface area contributed by atoms with E-state index in [1.807, 2.05) is 6.92 Å². The second-order valence-electron chi connectivity index (χ2n) is 4.83. The Bertz CT molecular complexity index is 604. The highest BCUT2D eigenvalue weighted by Crippen LogP contribution is 2.34. The van der Waals surface area contributed by atoms with Crippen LogP contribution in [0.4, 0.5) is 4.79 Å². The summed E-state index contributed by atoms with van der Waals surface area (Å²) in [5.41, 5.74) is 0.856. The number of rotatable bonds is 3. The first kappa shape index (κ1) is 14.6. The van der Waals surface area contributed by atoms with Gasteiger partial charge in [-0.3, -0.25) is 9.59 Å². The second-order valence-corrected chi connectivity index (χ2v) is 5.84. The first-order valence-corrected chi connectivity index (χ1v) is 7.12. The van der Waals surface area contributed by atoms with Gasteiger partial charge in [0.15, 0.2) is 5.92 Å². The number of thioether (sulfide) groups is 1. The number of imide groups is 1. The summed E-state index contributed by atoms with van der Waals surface area (Å²) in [5.74, 6) is -0.114. The Balaban J connectivity index is 2.47. The van der Waals surface area contributed by atoms with Crippen LogP contribution in [0.2, 0.25) is 0 Å². The van der Waals surface area contributed by atoms with Crippen molar-refractivity contribution in [3.05, 3.63) is 10.5 Å². The van der Waals surface area contributed by atoms with Crippen LogP contribution in [0.5, 0.6) is 0 Å². The summed E-state index contributed by atoms with van der Waals surface area (Å²) < 4.78 is 1.38. The van der Waals surface area contributed by atoms with Gasteiger partial charge in [-0.1, -0.05) is 0 Å². The number of hydrogen-bond donors (Lipinski definition) is 0. The van der Waals surface area contributed by atoms with E-state index in [1.165, 1.54) is 30.3 Å². The molecule has 1 unspecified atom stereocenters. The third kappa shape index (κ3) is 2.33. The van der Waals surface area contributed by atoms with Gasteiger partial charge in [0.2, 0.25) is 0 Å². The van der Waals surface area contributed by atoms with Crippen molar-refractivity contribution in [3.8, 4) is 0 Å². The zero-order valence-electron chi connectivity index (χ0n) is 11.8. The maximum Gasteiger partial charge on any atom is 0.445 e. The van der Waals surface area contributed by atoms with Crippen LogP contribution in [0.1, 0.15) is 13.8 Å². The molecule has 0 aromatic carbocycles. The summed E-state index contributed by atoms with van der Waals surface area (Å²) in [5, 5.41) is 0. The lowest BCUT2D eigenvalue weighted by Gasteiger charge is -2.27. The number of nitrogens with zero attached hydrogens (tertiary/aromatic N) is 3. The van der Waals surface area contributed by atoms with Gasteiger partial charge in [0, 0.05) is 4.91 Å². The maximum absolute atomic E-state index is 12.4. The molecular formula is C13H16N3O3S+. The molecule has 7 heteroatoms. The SMILES string of the molecule is CC(=O)CSC1=C(C)C=NC2=[N+](C)C(=O)N(C)C(=O)C12. The van der Waals surface area contributed by atoms with Crippen molar-refractivity contribution in [3.63, 3.8) is 0 Å². The van der Waals surface area contributed by atoms with Crippen LogP contribution in [0.15, 0.2) is 15.5 Å². The van der Waals surface area contributed by atoms with E-state index in [0.29, 0.717) is 11.6 Å². The van der Waals surface area contributed by atoms with Crippen molar-refractivity contribution < 1.29 is 19.0 Å². The van der Waals surface area contributed by atoms with E-state index in [2.05, 4.69) is 4.99 Å². The van der Waals surface area contributed by atoms with E-state index in [1.54, 1.807) is 13.3 Å². The topological polar surface area (TPSA) is 69.8 Å². The van der Waals surface area contributed by atoms with E-state index >= 15 is 0 Å². The lowest BCUT2D eigenvalue weighted by molar-refractivity contribution is -0.407. The van der Waals surface area contributed by atoms with Crippen LogP contribution in [0.3, 0.4) is 0 Å². The van der Waals surface area contributed by atoms with Crippen molar-refractivity contribution in [1.82, 2.24) is 4.90 Å². The number of ketones is 1. The van der Waals surface area contributed by atoms with Crippen molar-refractivity contribution >= 4 is 41.5 Å². The van der Waals surface area contributed by atoms with Gasteiger partial charge in [-0.25, -0.2) is 4.79 Å². The normalized spacial score (nSPS) is 22.6. The molecule has 0 N–H and O–H groups in total. The highest BCUT2D eigenvalue weighted by Gasteiger charge is 2.47. The zero-order valence-corrected chi connectivity index (χ0v) is 12.7. The molecule has 0 radical (unpaired) electrons. The number of urea groups is 1. The molecule has 0 aromatic rings. The molecule has 0 bridgehead atoms. The fourth-order valence-corrected chi connectivity index (χ4v) is 3.15. The van der Waals surface area contributed by atoms with Crippen LogP contribution < -0.4 is 0 Å². The minimum Gasteiger partial charge on any atom is -0.299 e. The van der Waals surface area contributed by atoms with Crippen LogP contribution in [-0.4, -0.2) is 59.1 Å². The van der Waals surface area contributed by atoms with Gasteiger partial charge in [-0.15, -0.1) is 16.8 Å². The number of amidine groups is 1. The third-order valence-corrected chi connectivity index (χ3v) is 4.65. The van der Waals surface area contributed by atoms with E-state index in [-0.39, 0.29) is 11.7 Å². The number of dihydropyridines is 1. The number of amides is 3. The van der Waals surface area contributed by atoms with Gasteiger partial charge in [-0.05, 0) is 19.4 Å². The molecule has 0 aliphatic carbocycles. The molecule has 2 heterocycles. The van der Waals surface area contributed by atoms with Crippen molar-refractivity contribution in [2.75, 3.05) is 19.8 Å². The van der Waals surface area contributed by atoms with Gasteiger partial charge >= 0.3 is 11.9 Å². The Hall–Kier alpha value is -1.76. The van der Waals surface area contributed by atoms with Gasteiger partial charge in [0.1, 0.15) is 12.0 Å². The van der Waals surface area contributed by atoms with Gasteiger partial charge in [-0.2, -0.15) is 9.48 Å². The molecule has 6 nitrogen and oxygen atoms in total. The van der Waals surface area contributed by atoms with E-state index in [4.69, 9.17) is 0 Å². The van der Waals surface area contributed by atoms with Crippen molar-refractivity contribution in [2.24, 2.45) is 10.9 Å². The van der Waals surface area contributed by atoms with Crippen LogP contribution in [0, 0.1) is 5.92 Å². The minimum atomic E-state index is -0.586. The lowest BCUT2D eigenvalue weighted by atomic mass is 9.99. The first-order chi connectivity index (χ1) is 9.34. The molecule has 2 aliphatic rings. The van der Waals surface area contributed by atoms with Gasteiger partial charge in [0.25, 0.3) is 5.84 Å². The number of hydrogen-bond acceptors (Lipinski definition) is 5. The molecule has 0 spiro atoms. The summed E-state index contributed by atoms with van der Waals surface area (Å²) in [6.07, 6.45) is 1.64. The summed E-state index contributed by atoms with van der Waals surface area (Å²) in [6, 6.07) is -0.395. The average molecular weight is 294 g/mol. The monoisotopic (exact) mass is 294 g/mol. The average Bonchev–Trinajstić information content (AvgIpc) is 2.40. The lowest BCUT2D eigenvalue weighted by Crippen LogP contribution is -2.52. The first-order valence-electron chi connectivity index (χ1n) is 6.13. The second kappa shape index (κ2) is 5.32. The molecule has 0 aromatic heterocycles. The predicted octanol–water partition coefficient (Wildman–Crippen LogP) is 0.916. The Morgan fingerprint density at radius 2 is 2.15 bits per heavy atom. The number of carbonyl (C=O) groups is 3. The third-order valence-electron chi connectivity index (χ3n) is 3.23. The molecule has 106 valence electrons. The molecule has 0 fully saturated rings. The van der Waals surface area contributed by atoms with E-state index in [9.17, 15) is 14.4 Å². The number of aliphatic imine (C=N–C) groups is 1. The van der Waals surface area contributed by atoms with Gasteiger partial charge in [0.05, 0.1) is 19.8 Å². The number of allylic oxidation sites excluding steroid dienone is 1. The molecule has 2 rings (SSSR count). The van der Waals surface area contributed by atoms with E-state index < -0.39 is 11.9 Å². The quantitative estimate of drug-likeness (QED) is 0.726. The standard InChI is InChI=1S/C13H16N3O3S/c1-7-5-14-11-9(10(7)20-6-8(2)17)12(18)16(4)13(19)15(11)3/h5,9H,6H2,1-4H3/q+1. The Morgan fingerprint density at radius 1 is 1.50 bits per heavy atom. The van der Waals surface area contributed by atoms with E-state index in [0.717, 1.165) is 15.4 Å². The number of carbonyl (C=O) groups excluding carboxylic acids is 3. The van der Waals surface area contributed by atoms with Gasteiger partial charge < -0.3 is 0 Å². The highest BCUT2D eigenvalue weighted by atomic mass is 32.2. The summed E-state index contributed by atoms with van der Waals surface area (Å²) >= 11 is 1.34. The largest absolute Gasteiger partial charge is 0.445 e. The molecule has 20 heavy (non-hydrogen) atoms. The van der Waals surface area contributed by atoms with Crippen LogP contribution in [-0.2, 0) is 9.59 Å². The Morgan fingerprint density at radius 3 is 2.75 bits per heavy atom. The molecule has 3 amide bonds. The molecule has 1 atom stereocenters. The smallest absolute Gasteiger partial charge is 0.299 e. The zero-order chi connectivity index (χ0) is 15.0. The predicted molar refractivity (Wildman–Crippen MR) is 77.2 cm³/mol. The van der Waals surface area contributed by atoms with Crippen molar-refractivity contribution in [2.45, 2.75) is 13.8 Å². The minimum absolute atomic E-state index is 0.0420. The number of fused-ring (bicyclic) bond motifs is 1. The fourth-order valence-electron chi connectivity index (χ4n) is 2.14. The fraction of sp³-hybridized carbons (Fsp3) is 0.462. The molecule has 0 saturated carbocycles. The molecular weight excluding hydrogens is 278 g/mol. The van der Waals surface area contributed by atoms with Crippen LogP contribution in [0.25, 0.3) is 0 Å². The van der Waals surface area contributed by atoms with Crippen LogP contribution >= 0.6 is 11.8 Å². The summed E-state index contributed by atoms with van der Waals surface area (Å²) in [6.45, 7) is 3.36. The maximum atomic E-state index is 12.4. The Labute approximate surface area is 121 Å². The van der Waals surface area contributed by atoms with Crippen molar-refractivity contribution in [1.29, 1.82) is 0 Å². The Kier molecular flexibility index (Phi) is 3.89. The number of Topliss-reactive ketones (excluding diaryl/α,β-unsaturated/α-hetero) is 1. The summed E-state index contributed by atoms with van der Waals surface area (Å²) in [7, 11) is 3.05.